The van der Waals surface area contributed by atoms with E-state index in [2.05, 4.69) is 4.98 Å². The summed E-state index contributed by atoms with van der Waals surface area (Å²) < 4.78 is 7.79. The second kappa shape index (κ2) is 10.5. The summed E-state index contributed by atoms with van der Waals surface area (Å²) in [5, 5.41) is 11.7. The normalized spacial score (nSPS) is 16.5. The average molecular weight is 530 g/mol. The summed E-state index contributed by atoms with van der Waals surface area (Å²) in [6.45, 7) is 2.35. The second-order valence-corrected chi connectivity index (χ2v) is 9.73. The highest BCUT2D eigenvalue weighted by Gasteiger charge is 2.46. The molecule has 1 fully saturated rings. The third-order valence-corrected chi connectivity index (χ3v) is 7.09. The van der Waals surface area contributed by atoms with Gasteiger partial charge in [-0.3, -0.25) is 14.0 Å². The zero-order valence-electron chi connectivity index (χ0n) is 21.9. The van der Waals surface area contributed by atoms with E-state index in [0.717, 1.165) is 11.1 Å². The summed E-state index contributed by atoms with van der Waals surface area (Å²) in [5.74, 6) is -1.07. The van der Waals surface area contributed by atoms with Gasteiger partial charge in [-0.05, 0) is 47.9 Å². The number of pyridine rings is 1. The molecule has 40 heavy (non-hydrogen) atoms. The highest BCUT2D eigenvalue weighted by Crippen LogP contribution is 2.41. The molecule has 0 bridgehead atoms. The molecule has 0 aliphatic carbocycles. The molecule has 2 aromatic heterocycles. The van der Waals surface area contributed by atoms with E-state index in [4.69, 9.17) is 4.74 Å². The van der Waals surface area contributed by atoms with Gasteiger partial charge in [0.05, 0.1) is 17.3 Å². The number of carbonyl (C=O) groups is 2. The Kier molecular flexibility index (Phi) is 6.62. The summed E-state index contributed by atoms with van der Waals surface area (Å²) in [7, 11) is 0. The van der Waals surface area contributed by atoms with Gasteiger partial charge in [-0.2, -0.15) is 0 Å². The van der Waals surface area contributed by atoms with Crippen molar-refractivity contribution in [1.29, 1.82) is 0 Å². The smallest absolute Gasteiger partial charge is 0.295 e. The maximum Gasteiger partial charge on any atom is 0.295 e. The molecule has 0 saturated carbocycles. The largest absolute Gasteiger partial charge is 0.505 e. The van der Waals surface area contributed by atoms with Gasteiger partial charge in [-0.25, -0.2) is 4.98 Å². The van der Waals surface area contributed by atoms with Gasteiger partial charge in [0.1, 0.15) is 23.7 Å². The predicted octanol–water partition coefficient (Wildman–Crippen LogP) is 5.84. The fraction of sp³-hybridized carbons (Fsp3) is 0.121. The Labute approximate surface area is 231 Å². The molecule has 3 heterocycles. The number of carbonyl (C=O) groups excluding carboxylic acids is 2. The topological polar surface area (TPSA) is 84.1 Å². The number of amides is 1. The maximum atomic E-state index is 13.6. The van der Waals surface area contributed by atoms with Crippen molar-refractivity contribution >= 4 is 23.1 Å². The molecular weight excluding hydrogens is 502 g/mol. The highest BCUT2D eigenvalue weighted by atomic mass is 16.5. The van der Waals surface area contributed by atoms with E-state index in [0.29, 0.717) is 35.0 Å². The van der Waals surface area contributed by atoms with Crippen LogP contribution in [-0.4, -0.2) is 31.1 Å². The molecule has 3 aromatic carbocycles. The van der Waals surface area contributed by atoms with Crippen LogP contribution < -0.4 is 4.74 Å². The SMILES string of the molecule is Cc1nc2ccccn2c1/C(O)=C1\C(=O)C(=O)N(Cc2ccccc2)C1c1cccc(OCc2ccccc2)c1. The minimum Gasteiger partial charge on any atom is -0.505 e. The van der Waals surface area contributed by atoms with Gasteiger partial charge in [-0.15, -0.1) is 0 Å². The van der Waals surface area contributed by atoms with Crippen LogP contribution in [0.4, 0.5) is 0 Å². The lowest BCUT2D eigenvalue weighted by Gasteiger charge is -2.26. The van der Waals surface area contributed by atoms with Crippen LogP contribution in [0.3, 0.4) is 0 Å². The zero-order chi connectivity index (χ0) is 27.6. The van der Waals surface area contributed by atoms with Crippen molar-refractivity contribution in [2.24, 2.45) is 0 Å². The molecule has 198 valence electrons. The number of nitrogens with zero attached hydrogens (tertiary/aromatic N) is 3. The molecule has 1 aliphatic heterocycles. The molecule has 1 N–H and O–H groups in total. The first kappa shape index (κ1) is 25.1. The number of benzene rings is 3. The number of hydrogen-bond donors (Lipinski definition) is 1. The van der Waals surface area contributed by atoms with Crippen molar-refractivity contribution in [3.05, 3.63) is 143 Å². The number of ketones is 1. The number of fused-ring (bicyclic) bond motifs is 1. The summed E-state index contributed by atoms with van der Waals surface area (Å²) in [6.07, 6.45) is 1.78. The number of aryl methyl sites for hydroxylation is 1. The van der Waals surface area contributed by atoms with E-state index in [1.54, 1.807) is 17.5 Å². The molecule has 7 nitrogen and oxygen atoms in total. The van der Waals surface area contributed by atoms with Crippen LogP contribution in [0.25, 0.3) is 11.4 Å². The fourth-order valence-electron chi connectivity index (χ4n) is 5.21. The van der Waals surface area contributed by atoms with Crippen molar-refractivity contribution in [2.75, 3.05) is 0 Å². The molecule has 1 unspecified atom stereocenters. The molecule has 5 aromatic rings. The Hall–Kier alpha value is -5.17. The number of likely N-dealkylation sites (tertiary alicyclic amines) is 1. The number of rotatable bonds is 7. The zero-order valence-corrected chi connectivity index (χ0v) is 21.9. The number of imidazole rings is 1. The third kappa shape index (κ3) is 4.62. The van der Waals surface area contributed by atoms with Crippen molar-refractivity contribution in [3.8, 4) is 5.75 Å². The fourth-order valence-corrected chi connectivity index (χ4v) is 5.21. The van der Waals surface area contributed by atoms with E-state index in [1.165, 1.54) is 4.90 Å². The molecule has 1 amide bonds. The molecule has 1 atom stereocenters. The van der Waals surface area contributed by atoms with E-state index in [9.17, 15) is 14.7 Å². The molecule has 7 heteroatoms. The van der Waals surface area contributed by atoms with Crippen LogP contribution in [0.15, 0.2) is 115 Å². The Morgan fingerprint density at radius 3 is 2.33 bits per heavy atom. The minimum absolute atomic E-state index is 0.0230. The van der Waals surface area contributed by atoms with Crippen LogP contribution in [0.2, 0.25) is 0 Å². The molecule has 1 aliphatic rings. The van der Waals surface area contributed by atoms with Crippen molar-refractivity contribution < 1.29 is 19.4 Å². The van der Waals surface area contributed by atoms with Crippen LogP contribution >= 0.6 is 0 Å². The minimum atomic E-state index is -0.825. The first-order valence-corrected chi connectivity index (χ1v) is 13.0. The monoisotopic (exact) mass is 529 g/mol. The van der Waals surface area contributed by atoms with Crippen LogP contribution in [-0.2, 0) is 22.7 Å². The average Bonchev–Trinajstić information content (AvgIpc) is 3.45. The summed E-state index contributed by atoms with van der Waals surface area (Å²) >= 11 is 0. The number of aliphatic hydroxyl groups is 1. The maximum absolute atomic E-state index is 13.6. The molecule has 0 radical (unpaired) electrons. The number of ether oxygens (including phenoxy) is 1. The summed E-state index contributed by atoms with van der Waals surface area (Å²) in [4.78, 5) is 33.2. The van der Waals surface area contributed by atoms with E-state index in [-0.39, 0.29) is 17.9 Å². The van der Waals surface area contributed by atoms with Crippen molar-refractivity contribution in [2.45, 2.75) is 26.1 Å². The first-order chi connectivity index (χ1) is 19.5. The number of Topliss-reactive ketones (excluding diaryl/α,β-unsaturated/α-hetero) is 1. The molecular formula is C33H27N3O4. The van der Waals surface area contributed by atoms with Gasteiger partial charge in [0.15, 0.2) is 5.76 Å². The van der Waals surface area contributed by atoms with Crippen molar-refractivity contribution in [1.82, 2.24) is 14.3 Å². The molecule has 1 saturated heterocycles. The number of aliphatic hydroxyl groups excluding tert-OH is 1. The van der Waals surface area contributed by atoms with Crippen LogP contribution in [0.5, 0.6) is 5.75 Å². The van der Waals surface area contributed by atoms with Crippen molar-refractivity contribution in [3.63, 3.8) is 0 Å². The first-order valence-electron chi connectivity index (χ1n) is 13.0. The Morgan fingerprint density at radius 1 is 0.875 bits per heavy atom. The lowest BCUT2D eigenvalue weighted by atomic mass is 9.96. The lowest BCUT2D eigenvalue weighted by Crippen LogP contribution is -2.29. The van der Waals surface area contributed by atoms with Crippen LogP contribution in [0, 0.1) is 6.92 Å². The molecule has 6 rings (SSSR count). The van der Waals surface area contributed by atoms with E-state index in [1.807, 2.05) is 103 Å². The Bertz CT molecular complexity index is 1740. The van der Waals surface area contributed by atoms with Gasteiger partial charge in [0.25, 0.3) is 11.7 Å². The third-order valence-electron chi connectivity index (χ3n) is 7.09. The van der Waals surface area contributed by atoms with Crippen LogP contribution in [0.1, 0.15) is 34.1 Å². The summed E-state index contributed by atoms with van der Waals surface area (Å²) in [6, 6.07) is 31.3. The highest BCUT2D eigenvalue weighted by molar-refractivity contribution is 6.46. The Morgan fingerprint density at radius 2 is 1.57 bits per heavy atom. The Balaban J connectivity index is 1.46. The number of hydrogen-bond acceptors (Lipinski definition) is 5. The van der Waals surface area contributed by atoms with Gasteiger partial charge < -0.3 is 14.7 Å². The predicted molar refractivity (Wildman–Crippen MR) is 151 cm³/mol. The van der Waals surface area contributed by atoms with E-state index < -0.39 is 17.7 Å². The number of aromatic nitrogens is 2. The lowest BCUT2D eigenvalue weighted by molar-refractivity contribution is -0.140. The second-order valence-electron chi connectivity index (χ2n) is 9.73. The van der Waals surface area contributed by atoms with Gasteiger partial charge >= 0.3 is 0 Å². The standard InChI is InChI=1S/C33H27N3O4/c1-22-29(35-18-9-8-17-27(35)34-22)31(37)28-30(36(33(39)32(28)38)20-23-11-4-2-5-12-23)25-15-10-16-26(19-25)40-21-24-13-6-3-7-14-24/h2-19,30,37H,20-21H2,1H3/b31-28+. The summed E-state index contributed by atoms with van der Waals surface area (Å²) in [5.41, 5.74) is 4.14. The molecule has 0 spiro atoms. The van der Waals surface area contributed by atoms with E-state index >= 15 is 0 Å². The van der Waals surface area contributed by atoms with Gasteiger partial charge in [0, 0.05) is 12.7 Å². The van der Waals surface area contributed by atoms with Gasteiger partial charge in [0.2, 0.25) is 0 Å². The quantitative estimate of drug-likeness (QED) is 0.163. The van der Waals surface area contributed by atoms with Gasteiger partial charge in [-0.1, -0.05) is 78.9 Å².